The van der Waals surface area contributed by atoms with E-state index >= 15 is 0 Å². The molecular formula is C21H22N5O7PS. The van der Waals surface area contributed by atoms with Crippen LogP contribution in [0, 0.1) is 0 Å². The van der Waals surface area contributed by atoms with Crippen molar-refractivity contribution in [2.45, 2.75) is 43.0 Å². The molecule has 3 aromatic heterocycles. The number of hydrogen-bond acceptors (Lipinski definition) is 10. The Morgan fingerprint density at radius 1 is 1.34 bits per heavy atom. The van der Waals surface area contributed by atoms with Crippen LogP contribution < -0.4 is 10.5 Å². The molecule has 14 heteroatoms. The minimum absolute atomic E-state index is 0. The van der Waals surface area contributed by atoms with Crippen LogP contribution in [-0.2, 0) is 18.3 Å². The highest BCUT2D eigenvalue weighted by atomic mass is 32.2. The lowest BCUT2D eigenvalue weighted by molar-refractivity contribution is -0.245. The summed E-state index contributed by atoms with van der Waals surface area (Å²) in [6.07, 6.45) is -1.87. The first-order valence-electron chi connectivity index (χ1n) is 11.1. The number of aromatic amines is 1. The van der Waals surface area contributed by atoms with E-state index in [1.54, 1.807) is 10.8 Å². The van der Waals surface area contributed by atoms with E-state index in [-0.39, 0.29) is 24.8 Å². The van der Waals surface area contributed by atoms with Crippen molar-refractivity contribution in [2.75, 3.05) is 12.4 Å². The molecule has 2 aliphatic rings. The van der Waals surface area contributed by atoms with Gasteiger partial charge < -0.3 is 28.8 Å². The summed E-state index contributed by atoms with van der Waals surface area (Å²) in [5.41, 5.74) is 1.53. The highest BCUT2D eigenvalue weighted by Gasteiger charge is 2.51. The highest BCUT2D eigenvalue weighted by molar-refractivity contribution is 7.99. The van der Waals surface area contributed by atoms with E-state index in [0.717, 1.165) is 12.0 Å². The average Bonchev–Trinajstić information content (AvgIpc) is 3.52. The first kappa shape index (κ1) is 22.9. The number of H-pyrrole nitrogens is 1. The minimum Gasteiger partial charge on any atom is -0.756 e. The third kappa shape index (κ3) is 3.84. The first-order chi connectivity index (χ1) is 16.9. The quantitative estimate of drug-likeness (QED) is 0.294. The summed E-state index contributed by atoms with van der Waals surface area (Å²) in [6, 6.07) is 9.51. The number of phosphoric ester groups is 1. The smallest absolute Gasteiger partial charge is 0.756 e. The second-order valence-corrected chi connectivity index (χ2v) is 10.7. The molecule has 0 bridgehead atoms. The van der Waals surface area contributed by atoms with Crippen molar-refractivity contribution in [2.24, 2.45) is 0 Å². The normalized spacial score (nSPS) is 28.7. The maximum Gasteiger partial charge on any atom is 1.00 e. The molecule has 12 nitrogen and oxygen atoms in total. The fraction of sp³-hybridized carbons (Fsp3) is 0.381. The number of nitrogens with one attached hydrogen (secondary N) is 1. The van der Waals surface area contributed by atoms with Crippen molar-refractivity contribution in [3.05, 3.63) is 46.9 Å². The predicted molar refractivity (Wildman–Crippen MR) is 125 cm³/mol. The van der Waals surface area contributed by atoms with Gasteiger partial charge in [-0.1, -0.05) is 49.0 Å². The molecule has 0 spiro atoms. The number of ether oxygens (including phenoxy) is 1. The van der Waals surface area contributed by atoms with Crippen molar-refractivity contribution in [1.82, 2.24) is 23.9 Å². The zero-order valence-corrected chi connectivity index (χ0v) is 20.1. The molecule has 0 amide bonds. The third-order valence-corrected chi connectivity index (χ3v) is 8.08. The van der Waals surface area contributed by atoms with Crippen LogP contribution in [0.1, 0.15) is 21.0 Å². The zero-order valence-electron chi connectivity index (χ0n) is 19.4. The number of hydrogen-bond donors (Lipinski definition) is 2. The van der Waals surface area contributed by atoms with Gasteiger partial charge in [0.2, 0.25) is 5.78 Å². The molecule has 4 aromatic rings. The van der Waals surface area contributed by atoms with Gasteiger partial charge in [-0.25, -0.2) is 9.38 Å². The molecular weight excluding hydrogens is 497 g/mol. The number of imidazole rings is 2. The van der Waals surface area contributed by atoms with E-state index in [9.17, 15) is 19.4 Å². The standard InChI is InChI=1S/C21H22N5O7PS/c1-2-8-35-21-23-14-17(26(21)19-15(27)16-13(32-19)10-31-34(29,30)33-16)24-20-22-12(9-25(20)18(14)28)11-6-4-3-5-7-11/h3-7,9,13,15-16,19,27H,2,8,10H2,1H3,(H,22,24)(H,29,30)/t13?,15?,16-,19-/m1/s1. The van der Waals surface area contributed by atoms with Crippen LogP contribution >= 0.6 is 19.6 Å². The Hall–Kier alpha value is -2.51. The third-order valence-electron chi connectivity index (χ3n) is 5.95. The van der Waals surface area contributed by atoms with E-state index in [1.807, 2.05) is 37.3 Å². The van der Waals surface area contributed by atoms with Crippen molar-refractivity contribution < 1.29 is 29.8 Å². The number of benzene rings is 1. The molecule has 0 aliphatic carbocycles. The number of rotatable bonds is 5. The van der Waals surface area contributed by atoms with Gasteiger partial charge in [0.05, 0.1) is 12.3 Å². The molecule has 35 heavy (non-hydrogen) atoms. The Labute approximate surface area is 204 Å². The monoisotopic (exact) mass is 519 g/mol. The molecule has 2 aliphatic heterocycles. The molecule has 0 radical (unpaired) electrons. The fourth-order valence-corrected chi connectivity index (χ4v) is 6.16. The SMILES string of the molecule is CCCSc1nc2c(=O)n3cc(-c4ccccc4)[nH]c3nc2n1[C@@H]1OC2COP(=O)([O-])O[C@H]2C1O.[H+]. The van der Waals surface area contributed by atoms with Crippen LogP contribution in [0.3, 0.4) is 0 Å². The van der Waals surface area contributed by atoms with Gasteiger partial charge in [-0.3, -0.25) is 13.9 Å². The second kappa shape index (κ2) is 8.56. The van der Waals surface area contributed by atoms with Gasteiger partial charge in [-0.15, -0.1) is 0 Å². The van der Waals surface area contributed by atoms with Crippen LogP contribution in [0.25, 0.3) is 28.2 Å². The van der Waals surface area contributed by atoms with Crippen LogP contribution in [0.4, 0.5) is 0 Å². The van der Waals surface area contributed by atoms with Crippen molar-refractivity contribution in [1.29, 1.82) is 0 Å². The predicted octanol–water partition coefficient (Wildman–Crippen LogP) is 1.80. The van der Waals surface area contributed by atoms with E-state index in [2.05, 4.69) is 15.0 Å². The number of aliphatic hydroxyl groups excluding tert-OH is 1. The maximum atomic E-state index is 13.4. The zero-order chi connectivity index (χ0) is 24.3. The van der Waals surface area contributed by atoms with Gasteiger partial charge in [0.15, 0.2) is 22.5 Å². The second-order valence-electron chi connectivity index (χ2n) is 8.30. The summed E-state index contributed by atoms with van der Waals surface area (Å²) in [5.74, 6) is 0.995. The van der Waals surface area contributed by atoms with E-state index < -0.39 is 32.4 Å². The summed E-state index contributed by atoms with van der Waals surface area (Å²) < 4.78 is 30.4. The fourth-order valence-electron chi connectivity index (χ4n) is 4.34. The van der Waals surface area contributed by atoms with Gasteiger partial charge >= 0.3 is 1.43 Å². The lowest BCUT2D eigenvalue weighted by Gasteiger charge is -2.34. The Kier molecular flexibility index (Phi) is 5.60. The molecule has 2 fully saturated rings. The largest absolute Gasteiger partial charge is 1.00 e. The Bertz CT molecular complexity index is 1530. The first-order valence-corrected chi connectivity index (χ1v) is 13.5. The Morgan fingerprint density at radius 3 is 2.91 bits per heavy atom. The number of phosphoric acid groups is 1. The van der Waals surface area contributed by atoms with Crippen LogP contribution in [0.15, 0.2) is 46.5 Å². The van der Waals surface area contributed by atoms with Crippen molar-refractivity contribution in [3.63, 3.8) is 0 Å². The minimum atomic E-state index is -4.54. The lowest BCUT2D eigenvalue weighted by Crippen LogP contribution is -2.41. The molecule has 5 atom stereocenters. The maximum absolute atomic E-state index is 13.4. The Morgan fingerprint density at radius 2 is 2.14 bits per heavy atom. The van der Waals surface area contributed by atoms with Gasteiger partial charge in [0.25, 0.3) is 13.4 Å². The number of thioether (sulfide) groups is 1. The summed E-state index contributed by atoms with van der Waals surface area (Å²) in [4.78, 5) is 37.6. The van der Waals surface area contributed by atoms with Crippen LogP contribution in [0.2, 0.25) is 0 Å². The number of aliphatic hydroxyl groups is 1. The molecule has 6 rings (SSSR count). The lowest BCUT2D eigenvalue weighted by atomic mass is 10.1. The molecule has 3 unspecified atom stereocenters. The van der Waals surface area contributed by atoms with Crippen molar-refractivity contribution in [3.8, 4) is 11.3 Å². The van der Waals surface area contributed by atoms with Gasteiger partial charge in [0.1, 0.15) is 18.3 Å². The molecule has 2 N–H and O–H groups in total. The van der Waals surface area contributed by atoms with Gasteiger partial charge in [-0.05, 0) is 12.0 Å². The molecule has 0 saturated carbocycles. The highest BCUT2D eigenvalue weighted by Crippen LogP contribution is 2.50. The number of nitrogens with zero attached hydrogens (tertiary/aromatic N) is 4. The number of aromatic nitrogens is 5. The number of fused-ring (bicyclic) bond motifs is 3. The van der Waals surface area contributed by atoms with E-state index in [0.29, 0.717) is 22.4 Å². The van der Waals surface area contributed by atoms with Gasteiger partial charge in [0, 0.05) is 11.9 Å². The summed E-state index contributed by atoms with van der Waals surface area (Å²) in [7, 11) is -4.54. The molecule has 1 aromatic carbocycles. The molecule has 5 heterocycles. The average molecular weight is 519 g/mol. The van der Waals surface area contributed by atoms with Crippen molar-refractivity contribution >= 4 is 36.5 Å². The van der Waals surface area contributed by atoms with Crippen LogP contribution in [-0.4, -0.2) is 59.7 Å². The summed E-state index contributed by atoms with van der Waals surface area (Å²) >= 11 is 1.39. The Balaban J connectivity index is 0.00000267. The molecule has 184 valence electrons. The van der Waals surface area contributed by atoms with E-state index in [1.165, 1.54) is 16.2 Å². The molecule has 2 saturated heterocycles. The van der Waals surface area contributed by atoms with Crippen LogP contribution in [0.5, 0.6) is 0 Å². The summed E-state index contributed by atoms with van der Waals surface area (Å²) in [5, 5.41) is 11.4. The van der Waals surface area contributed by atoms with Gasteiger partial charge in [-0.2, -0.15) is 4.98 Å². The van der Waals surface area contributed by atoms with E-state index in [4.69, 9.17) is 13.8 Å². The topological polar surface area (TPSA) is 156 Å². The summed E-state index contributed by atoms with van der Waals surface area (Å²) in [6.45, 7) is 1.73.